The zero-order valence-electron chi connectivity index (χ0n) is 15.2. The van der Waals surface area contributed by atoms with Gasteiger partial charge in [0, 0.05) is 30.3 Å². The Labute approximate surface area is 156 Å². The van der Waals surface area contributed by atoms with E-state index in [1.807, 2.05) is 23.7 Å². The van der Waals surface area contributed by atoms with E-state index < -0.39 is 0 Å². The summed E-state index contributed by atoms with van der Waals surface area (Å²) in [6, 6.07) is 10.0. The molecule has 3 heterocycles. The van der Waals surface area contributed by atoms with Crippen LogP contribution in [0.15, 0.2) is 36.4 Å². The minimum Gasteiger partial charge on any atom is -0.384 e. The first-order chi connectivity index (χ1) is 12.9. The molecule has 0 spiro atoms. The lowest BCUT2D eigenvalue weighted by Gasteiger charge is -2.27. The monoisotopic (exact) mass is 365 g/mol. The van der Waals surface area contributed by atoms with Crippen molar-refractivity contribution in [3.63, 3.8) is 0 Å². The second-order valence-corrected chi connectivity index (χ2v) is 6.76. The van der Waals surface area contributed by atoms with Crippen molar-refractivity contribution in [2.45, 2.75) is 26.9 Å². The zero-order valence-corrected chi connectivity index (χ0v) is 15.2. The number of carbonyl (C=O) groups excluding carboxylic acids is 1. The summed E-state index contributed by atoms with van der Waals surface area (Å²) in [5.74, 6) is 0.160. The number of rotatable bonds is 2. The number of hydrogen-bond acceptors (Lipinski definition) is 4. The normalized spacial score (nSPS) is 13.5. The quantitative estimate of drug-likeness (QED) is 0.757. The molecule has 6 nitrogen and oxygen atoms in total. The van der Waals surface area contributed by atoms with E-state index in [0.717, 1.165) is 33.8 Å². The Morgan fingerprint density at radius 1 is 1.15 bits per heavy atom. The molecule has 0 aliphatic carbocycles. The van der Waals surface area contributed by atoms with Gasteiger partial charge in [-0.3, -0.25) is 9.48 Å². The van der Waals surface area contributed by atoms with E-state index >= 15 is 0 Å². The first-order valence-corrected chi connectivity index (χ1v) is 8.78. The number of pyridine rings is 1. The maximum Gasteiger partial charge on any atom is 0.219 e. The van der Waals surface area contributed by atoms with E-state index in [4.69, 9.17) is 10.8 Å². The average molecular weight is 365 g/mol. The molecule has 0 radical (unpaired) electrons. The van der Waals surface area contributed by atoms with Gasteiger partial charge in [0.2, 0.25) is 5.91 Å². The molecule has 0 saturated heterocycles. The lowest BCUT2D eigenvalue weighted by molar-refractivity contribution is -0.130. The number of nitrogens with zero attached hydrogens (tertiary/aromatic N) is 4. The van der Waals surface area contributed by atoms with Gasteiger partial charge in [-0.1, -0.05) is 0 Å². The maximum absolute atomic E-state index is 13.4. The fraction of sp³-hybridized carbons (Fsp3) is 0.250. The lowest BCUT2D eigenvalue weighted by Crippen LogP contribution is -2.37. The summed E-state index contributed by atoms with van der Waals surface area (Å²) in [6.45, 7) is 5.16. The third-order valence-electron chi connectivity index (χ3n) is 4.80. The van der Waals surface area contributed by atoms with Gasteiger partial charge in [-0.15, -0.1) is 0 Å². The van der Waals surface area contributed by atoms with Crippen LogP contribution in [0.2, 0.25) is 0 Å². The van der Waals surface area contributed by atoms with Crippen LogP contribution in [-0.4, -0.2) is 32.1 Å². The van der Waals surface area contributed by atoms with E-state index in [1.165, 1.54) is 12.1 Å². The van der Waals surface area contributed by atoms with Gasteiger partial charge in [0.1, 0.15) is 17.3 Å². The van der Waals surface area contributed by atoms with E-state index in [1.54, 1.807) is 24.0 Å². The fourth-order valence-electron chi connectivity index (χ4n) is 3.54. The van der Waals surface area contributed by atoms with Crippen LogP contribution in [0, 0.1) is 12.7 Å². The van der Waals surface area contributed by atoms with Crippen LogP contribution < -0.4 is 5.73 Å². The molecule has 138 valence electrons. The average Bonchev–Trinajstić information content (AvgIpc) is 3.00. The van der Waals surface area contributed by atoms with E-state index in [2.05, 4.69) is 4.98 Å². The van der Waals surface area contributed by atoms with Gasteiger partial charge < -0.3 is 10.6 Å². The summed E-state index contributed by atoms with van der Waals surface area (Å²) < 4.78 is 15.3. The van der Waals surface area contributed by atoms with E-state index in [9.17, 15) is 9.18 Å². The number of anilines is 1. The van der Waals surface area contributed by atoms with E-state index in [-0.39, 0.29) is 11.7 Å². The molecule has 2 N–H and O–H groups in total. The summed E-state index contributed by atoms with van der Waals surface area (Å²) >= 11 is 0. The molecular formula is C20H20FN5O. The van der Waals surface area contributed by atoms with Crippen LogP contribution in [0.3, 0.4) is 0 Å². The van der Waals surface area contributed by atoms with Gasteiger partial charge in [-0.25, -0.2) is 9.37 Å². The molecule has 0 unspecified atom stereocenters. The highest BCUT2D eigenvalue weighted by atomic mass is 19.1. The van der Waals surface area contributed by atoms with Gasteiger partial charge in [0.05, 0.1) is 18.8 Å². The SMILES string of the molecule is CC(=O)N1CCn2nc(-c3ccc(F)cc3)c(-c3cc(C)nc(N)c3)c2C1. The molecule has 27 heavy (non-hydrogen) atoms. The number of carbonyl (C=O) groups is 1. The number of nitrogen functional groups attached to an aromatic ring is 1. The van der Waals surface area contributed by atoms with Crippen molar-refractivity contribution in [3.8, 4) is 22.4 Å². The van der Waals surface area contributed by atoms with Gasteiger partial charge in [-0.05, 0) is 48.9 Å². The van der Waals surface area contributed by atoms with E-state index in [0.29, 0.717) is 25.5 Å². The summed E-state index contributed by atoms with van der Waals surface area (Å²) in [6.07, 6.45) is 0. The minimum absolute atomic E-state index is 0.0298. The van der Waals surface area contributed by atoms with Crippen molar-refractivity contribution < 1.29 is 9.18 Å². The highest BCUT2D eigenvalue weighted by molar-refractivity contribution is 5.84. The molecule has 1 aliphatic rings. The van der Waals surface area contributed by atoms with Crippen LogP contribution in [-0.2, 0) is 17.9 Å². The fourth-order valence-corrected chi connectivity index (χ4v) is 3.54. The zero-order chi connectivity index (χ0) is 19.1. The van der Waals surface area contributed by atoms with Crippen LogP contribution in [0.5, 0.6) is 0 Å². The highest BCUT2D eigenvalue weighted by Crippen LogP contribution is 2.37. The molecule has 4 rings (SSSR count). The Kier molecular flexibility index (Phi) is 4.14. The van der Waals surface area contributed by atoms with Crippen LogP contribution in [0.4, 0.5) is 10.2 Å². The number of aryl methyl sites for hydroxylation is 1. The topological polar surface area (TPSA) is 77.0 Å². The second-order valence-electron chi connectivity index (χ2n) is 6.76. The predicted molar refractivity (Wildman–Crippen MR) is 101 cm³/mol. The number of nitrogens with two attached hydrogens (primary N) is 1. The molecule has 3 aromatic rings. The Hall–Kier alpha value is -3.22. The van der Waals surface area contributed by atoms with Crippen molar-refractivity contribution in [3.05, 3.63) is 53.6 Å². The largest absolute Gasteiger partial charge is 0.384 e. The predicted octanol–water partition coefficient (Wildman–Crippen LogP) is 3.00. The Morgan fingerprint density at radius 3 is 2.56 bits per heavy atom. The van der Waals surface area contributed by atoms with Crippen molar-refractivity contribution in [1.29, 1.82) is 0 Å². The van der Waals surface area contributed by atoms with Crippen molar-refractivity contribution in [2.24, 2.45) is 0 Å². The molecule has 7 heteroatoms. The lowest BCUT2D eigenvalue weighted by atomic mass is 9.98. The third kappa shape index (κ3) is 3.16. The number of benzene rings is 1. The molecule has 0 fully saturated rings. The van der Waals surface area contributed by atoms with Crippen molar-refractivity contribution in [1.82, 2.24) is 19.7 Å². The number of halogens is 1. The minimum atomic E-state index is -0.295. The number of fused-ring (bicyclic) bond motifs is 1. The first-order valence-electron chi connectivity index (χ1n) is 8.78. The molecule has 1 aromatic carbocycles. The van der Waals surface area contributed by atoms with Gasteiger partial charge in [0.15, 0.2) is 0 Å². The molecule has 0 bridgehead atoms. The highest BCUT2D eigenvalue weighted by Gasteiger charge is 2.27. The Bertz CT molecular complexity index is 1010. The van der Waals surface area contributed by atoms with Gasteiger partial charge >= 0.3 is 0 Å². The smallest absolute Gasteiger partial charge is 0.219 e. The van der Waals surface area contributed by atoms with Crippen LogP contribution >= 0.6 is 0 Å². The molecule has 0 atom stereocenters. The van der Waals surface area contributed by atoms with Crippen LogP contribution in [0.1, 0.15) is 18.3 Å². The molecular weight excluding hydrogens is 345 g/mol. The molecule has 2 aromatic heterocycles. The standard InChI is InChI=1S/C20H20FN5O/c1-12-9-15(10-18(22)23-12)19-17-11-25(13(2)27)7-8-26(17)24-20(19)14-3-5-16(21)6-4-14/h3-6,9-10H,7-8,11H2,1-2H3,(H2,22,23). The summed E-state index contributed by atoms with van der Waals surface area (Å²) in [5.41, 5.74) is 11.1. The van der Waals surface area contributed by atoms with Gasteiger partial charge in [-0.2, -0.15) is 5.10 Å². The summed E-state index contributed by atoms with van der Waals surface area (Å²) in [5, 5.41) is 4.78. The Balaban J connectivity index is 1.94. The van der Waals surface area contributed by atoms with Crippen molar-refractivity contribution in [2.75, 3.05) is 12.3 Å². The number of hydrogen-bond donors (Lipinski definition) is 1. The maximum atomic E-state index is 13.4. The van der Waals surface area contributed by atoms with Gasteiger partial charge in [0.25, 0.3) is 0 Å². The first kappa shape index (κ1) is 17.2. The van der Waals surface area contributed by atoms with Crippen molar-refractivity contribution >= 4 is 11.7 Å². The second kappa shape index (κ2) is 6.50. The van der Waals surface area contributed by atoms with Crippen LogP contribution in [0.25, 0.3) is 22.4 Å². The Morgan fingerprint density at radius 2 is 1.89 bits per heavy atom. The third-order valence-corrected chi connectivity index (χ3v) is 4.80. The molecule has 1 amide bonds. The summed E-state index contributed by atoms with van der Waals surface area (Å²) in [4.78, 5) is 18.0. The molecule has 1 aliphatic heterocycles. The molecule has 0 saturated carbocycles. The number of aromatic nitrogens is 3. The summed E-state index contributed by atoms with van der Waals surface area (Å²) in [7, 11) is 0. The number of amides is 1.